The van der Waals surface area contributed by atoms with E-state index >= 15 is 0 Å². The fraction of sp³-hybridized carbons (Fsp3) is 0.136. The Morgan fingerprint density at radius 2 is 1.93 bits per heavy atom. The van der Waals surface area contributed by atoms with Crippen LogP contribution in [0, 0.1) is 0 Å². The van der Waals surface area contributed by atoms with Gasteiger partial charge < -0.3 is 15.0 Å². The van der Waals surface area contributed by atoms with Crippen molar-refractivity contribution in [2.45, 2.75) is 18.6 Å². The second-order valence-electron chi connectivity index (χ2n) is 6.58. The summed E-state index contributed by atoms with van der Waals surface area (Å²) in [6, 6.07) is 18.9. The maximum atomic E-state index is 12.6. The topological polar surface area (TPSA) is 80.0 Å². The van der Waals surface area contributed by atoms with Crippen LogP contribution < -0.4 is 5.32 Å². The Kier molecular flexibility index (Phi) is 6.06. The van der Waals surface area contributed by atoms with Gasteiger partial charge in [-0.25, -0.2) is 0 Å². The van der Waals surface area contributed by atoms with E-state index in [4.69, 9.17) is 0 Å². The van der Waals surface area contributed by atoms with Gasteiger partial charge in [0.2, 0.25) is 5.91 Å². The Hall–Kier alpha value is -2.84. The van der Waals surface area contributed by atoms with Crippen LogP contribution in [0.15, 0.2) is 70.3 Å². The minimum Gasteiger partial charge on any atom is -0.507 e. The van der Waals surface area contributed by atoms with E-state index < -0.39 is 0 Å². The number of benzene rings is 3. The van der Waals surface area contributed by atoms with Gasteiger partial charge in [0.25, 0.3) is 0 Å². The highest BCUT2D eigenvalue weighted by Gasteiger charge is 2.17. The molecule has 1 amide bonds. The number of fused-ring (bicyclic) bond motifs is 1. The molecular weight excluding hydrogens is 464 g/mol. The summed E-state index contributed by atoms with van der Waals surface area (Å²) in [4.78, 5) is 12.6. The largest absolute Gasteiger partial charge is 0.507 e. The van der Waals surface area contributed by atoms with Crippen LogP contribution in [0.1, 0.15) is 6.92 Å². The van der Waals surface area contributed by atoms with E-state index in [0.717, 1.165) is 20.9 Å². The first-order chi connectivity index (χ1) is 14.6. The van der Waals surface area contributed by atoms with Gasteiger partial charge in [-0.2, -0.15) is 0 Å². The molecule has 2 N–H and O–H groups in total. The molecule has 0 bridgehead atoms. The Morgan fingerprint density at radius 1 is 1.13 bits per heavy atom. The minimum absolute atomic E-state index is 0.117. The highest BCUT2D eigenvalue weighted by molar-refractivity contribution is 9.10. The summed E-state index contributed by atoms with van der Waals surface area (Å²) in [5.41, 5.74) is 1.38. The summed E-state index contributed by atoms with van der Waals surface area (Å²) in [6.07, 6.45) is 0. The first kappa shape index (κ1) is 20.4. The summed E-state index contributed by atoms with van der Waals surface area (Å²) in [5.74, 6) is 0.777. The van der Waals surface area contributed by atoms with Crippen LogP contribution in [0.3, 0.4) is 0 Å². The molecule has 0 aliphatic carbocycles. The standard InChI is InChI=1S/C22H19BrN4O2S/c1-2-27-21(17-12-15(23)10-11-19(17)28)25-26-22(27)30-13-20(29)24-18-9-5-7-14-6-3-4-8-16(14)18/h3-12,28H,2,13H2,1H3,(H,24,29). The highest BCUT2D eigenvalue weighted by atomic mass is 79.9. The molecule has 0 atom stereocenters. The Balaban J connectivity index is 1.50. The molecule has 1 heterocycles. The number of carbonyl (C=O) groups is 1. The van der Waals surface area contributed by atoms with Crippen molar-refractivity contribution in [2.24, 2.45) is 0 Å². The van der Waals surface area contributed by atoms with Crippen molar-refractivity contribution in [3.05, 3.63) is 65.1 Å². The first-order valence-electron chi connectivity index (χ1n) is 9.39. The molecule has 0 radical (unpaired) electrons. The van der Waals surface area contributed by atoms with E-state index in [-0.39, 0.29) is 17.4 Å². The monoisotopic (exact) mass is 482 g/mol. The molecule has 4 rings (SSSR count). The molecule has 0 saturated heterocycles. The van der Waals surface area contributed by atoms with E-state index in [1.807, 2.05) is 54.0 Å². The van der Waals surface area contributed by atoms with Crippen molar-refractivity contribution in [1.29, 1.82) is 0 Å². The van der Waals surface area contributed by atoms with Crippen molar-refractivity contribution in [3.63, 3.8) is 0 Å². The molecule has 4 aromatic rings. The average Bonchev–Trinajstić information content (AvgIpc) is 3.17. The number of phenols is 1. The maximum Gasteiger partial charge on any atom is 0.234 e. The van der Waals surface area contributed by atoms with Crippen LogP contribution in [0.2, 0.25) is 0 Å². The Labute approximate surface area is 186 Å². The maximum absolute atomic E-state index is 12.6. The Morgan fingerprint density at radius 3 is 2.77 bits per heavy atom. The summed E-state index contributed by atoms with van der Waals surface area (Å²) in [6.45, 7) is 2.59. The van der Waals surface area contributed by atoms with Crippen LogP contribution in [0.25, 0.3) is 22.2 Å². The lowest BCUT2D eigenvalue weighted by atomic mass is 10.1. The number of phenolic OH excluding ortho intramolecular Hbond substituents is 1. The van der Waals surface area contributed by atoms with E-state index in [1.54, 1.807) is 18.2 Å². The molecule has 8 heteroatoms. The number of halogens is 1. The number of hydrogen-bond acceptors (Lipinski definition) is 5. The lowest BCUT2D eigenvalue weighted by Crippen LogP contribution is -2.15. The summed E-state index contributed by atoms with van der Waals surface area (Å²) < 4.78 is 2.72. The number of nitrogens with zero attached hydrogens (tertiary/aromatic N) is 3. The fourth-order valence-electron chi connectivity index (χ4n) is 3.22. The van der Waals surface area contributed by atoms with E-state index in [0.29, 0.717) is 23.1 Å². The van der Waals surface area contributed by atoms with Gasteiger partial charge in [0.15, 0.2) is 11.0 Å². The second-order valence-corrected chi connectivity index (χ2v) is 8.43. The van der Waals surface area contributed by atoms with Crippen molar-refractivity contribution in [1.82, 2.24) is 14.8 Å². The lowest BCUT2D eigenvalue weighted by molar-refractivity contribution is -0.113. The number of hydrogen-bond donors (Lipinski definition) is 2. The van der Waals surface area contributed by atoms with Crippen LogP contribution in [-0.2, 0) is 11.3 Å². The molecule has 3 aromatic carbocycles. The molecule has 1 aromatic heterocycles. The molecule has 152 valence electrons. The van der Waals surface area contributed by atoms with Crippen molar-refractivity contribution in [3.8, 4) is 17.1 Å². The van der Waals surface area contributed by atoms with Crippen molar-refractivity contribution >= 4 is 50.1 Å². The lowest BCUT2D eigenvalue weighted by Gasteiger charge is -2.10. The fourth-order valence-corrected chi connectivity index (χ4v) is 4.38. The average molecular weight is 483 g/mol. The van der Waals surface area contributed by atoms with Crippen LogP contribution in [0.5, 0.6) is 5.75 Å². The zero-order valence-corrected chi connectivity index (χ0v) is 18.6. The number of aromatic hydroxyl groups is 1. The smallest absolute Gasteiger partial charge is 0.234 e. The van der Waals surface area contributed by atoms with E-state index in [1.165, 1.54) is 11.8 Å². The second kappa shape index (κ2) is 8.89. The zero-order chi connectivity index (χ0) is 21.1. The number of anilines is 1. The number of aromatic nitrogens is 3. The normalized spacial score (nSPS) is 11.0. The molecule has 0 unspecified atom stereocenters. The van der Waals surface area contributed by atoms with Crippen LogP contribution in [-0.4, -0.2) is 31.5 Å². The number of thioether (sulfide) groups is 1. The molecular formula is C22H19BrN4O2S. The van der Waals surface area contributed by atoms with Gasteiger partial charge in [0.05, 0.1) is 11.3 Å². The SMILES string of the molecule is CCn1c(SCC(=O)Nc2cccc3ccccc23)nnc1-c1cc(Br)ccc1O. The number of rotatable bonds is 6. The van der Waals surface area contributed by atoms with Gasteiger partial charge in [0.1, 0.15) is 5.75 Å². The molecule has 0 fully saturated rings. The van der Waals surface area contributed by atoms with Gasteiger partial charge >= 0.3 is 0 Å². The van der Waals surface area contributed by atoms with Gasteiger partial charge in [-0.15, -0.1) is 10.2 Å². The summed E-state index contributed by atoms with van der Waals surface area (Å²) >= 11 is 4.73. The van der Waals surface area contributed by atoms with Gasteiger partial charge in [-0.3, -0.25) is 4.79 Å². The zero-order valence-electron chi connectivity index (χ0n) is 16.2. The quantitative estimate of drug-likeness (QED) is 0.363. The van der Waals surface area contributed by atoms with Gasteiger partial charge in [-0.1, -0.05) is 64.1 Å². The number of nitrogens with one attached hydrogen (secondary N) is 1. The first-order valence-corrected chi connectivity index (χ1v) is 11.2. The number of amides is 1. The predicted molar refractivity (Wildman–Crippen MR) is 124 cm³/mol. The molecule has 30 heavy (non-hydrogen) atoms. The predicted octanol–water partition coefficient (Wildman–Crippen LogP) is 5.32. The van der Waals surface area contributed by atoms with E-state index in [2.05, 4.69) is 31.4 Å². The van der Waals surface area contributed by atoms with Gasteiger partial charge in [-0.05, 0) is 36.6 Å². The molecule has 0 aliphatic heterocycles. The van der Waals surface area contributed by atoms with Crippen molar-refractivity contribution in [2.75, 3.05) is 11.1 Å². The molecule has 0 saturated carbocycles. The van der Waals surface area contributed by atoms with E-state index in [9.17, 15) is 9.90 Å². The van der Waals surface area contributed by atoms with Crippen LogP contribution >= 0.6 is 27.7 Å². The molecule has 0 aliphatic rings. The minimum atomic E-state index is -0.117. The van der Waals surface area contributed by atoms with Gasteiger partial charge in [0, 0.05) is 22.1 Å². The van der Waals surface area contributed by atoms with Crippen molar-refractivity contribution < 1.29 is 9.90 Å². The number of carbonyl (C=O) groups excluding carboxylic acids is 1. The third kappa shape index (κ3) is 4.20. The third-order valence-corrected chi connectivity index (χ3v) is 6.09. The third-order valence-electron chi connectivity index (χ3n) is 4.63. The summed E-state index contributed by atoms with van der Waals surface area (Å²) in [7, 11) is 0. The molecule has 0 spiro atoms. The Bertz CT molecular complexity index is 1220. The molecule has 6 nitrogen and oxygen atoms in total. The highest BCUT2D eigenvalue weighted by Crippen LogP contribution is 2.32. The summed E-state index contributed by atoms with van der Waals surface area (Å²) in [5, 5.41) is 24.4. The van der Waals surface area contributed by atoms with Crippen LogP contribution in [0.4, 0.5) is 5.69 Å².